The van der Waals surface area contributed by atoms with Gasteiger partial charge >= 0.3 is 5.97 Å². The molecule has 14 atom stereocenters. The molecule has 0 bridgehead atoms. The zero-order chi connectivity index (χ0) is 30.7. The van der Waals surface area contributed by atoms with Crippen LogP contribution >= 0.6 is 0 Å². The van der Waals surface area contributed by atoms with Crippen molar-refractivity contribution >= 4 is 5.97 Å². The second kappa shape index (κ2) is 10.1. The number of esters is 1. The summed E-state index contributed by atoms with van der Waals surface area (Å²) in [6.07, 6.45) is 8.52. The van der Waals surface area contributed by atoms with E-state index in [9.17, 15) is 20.1 Å². The molecule has 0 aromatic rings. The van der Waals surface area contributed by atoms with Gasteiger partial charge in [0.2, 0.25) is 0 Å². The van der Waals surface area contributed by atoms with Crippen molar-refractivity contribution in [2.75, 3.05) is 6.61 Å². The largest absolute Gasteiger partial charge is 0.457 e. The first-order chi connectivity index (χ1) is 20.1. The predicted molar refractivity (Wildman–Crippen MR) is 159 cm³/mol. The van der Waals surface area contributed by atoms with E-state index in [-0.39, 0.29) is 47.3 Å². The van der Waals surface area contributed by atoms with Crippen molar-refractivity contribution in [3.63, 3.8) is 0 Å². The van der Waals surface area contributed by atoms with Crippen LogP contribution in [0.25, 0.3) is 0 Å². The SMILES string of the molecule is CC(=O)OC(C1CC[C@H]2C(O1)[C@H](O)C1C3CCC4C(C)(C)[C@@H](OC5CC(O)CCO5)CCC45C[C@@]35CCC12C)C(C)(C)O. The molecule has 3 N–H and O–H groups in total. The van der Waals surface area contributed by atoms with Crippen molar-refractivity contribution in [2.45, 2.75) is 161 Å². The third kappa shape index (κ3) is 4.46. The second-order valence-corrected chi connectivity index (χ2v) is 17.2. The maximum Gasteiger partial charge on any atom is 0.303 e. The van der Waals surface area contributed by atoms with Gasteiger partial charge in [-0.2, -0.15) is 0 Å². The van der Waals surface area contributed by atoms with Crippen LogP contribution < -0.4 is 0 Å². The maximum atomic E-state index is 12.1. The molecule has 0 radical (unpaired) electrons. The van der Waals surface area contributed by atoms with Gasteiger partial charge in [-0.05, 0) is 123 Å². The van der Waals surface area contributed by atoms with E-state index in [1.165, 1.54) is 32.6 Å². The quantitative estimate of drug-likeness (QED) is 0.304. The van der Waals surface area contributed by atoms with E-state index >= 15 is 0 Å². The molecule has 7 rings (SSSR count). The molecule has 5 aliphatic carbocycles. The van der Waals surface area contributed by atoms with Crippen molar-refractivity contribution in [3.8, 4) is 0 Å². The summed E-state index contributed by atoms with van der Waals surface area (Å²) < 4.78 is 24.8. The Hall–Kier alpha value is -0.770. The molecule has 2 heterocycles. The Balaban J connectivity index is 1.10. The summed E-state index contributed by atoms with van der Waals surface area (Å²) in [7, 11) is 0. The fraction of sp³-hybridized carbons (Fsp3) is 0.971. The molecule has 43 heavy (non-hydrogen) atoms. The van der Waals surface area contributed by atoms with E-state index in [0.29, 0.717) is 42.1 Å². The number of fused-ring (bicyclic) bond motifs is 4. The Bertz CT molecular complexity index is 1100. The van der Waals surface area contributed by atoms with Crippen molar-refractivity contribution in [1.82, 2.24) is 0 Å². The monoisotopic (exact) mass is 604 g/mol. The van der Waals surface area contributed by atoms with E-state index in [1.807, 2.05) is 0 Å². The summed E-state index contributed by atoms with van der Waals surface area (Å²) in [6.45, 7) is 12.5. The Morgan fingerprint density at radius 2 is 1.70 bits per heavy atom. The van der Waals surface area contributed by atoms with E-state index in [4.69, 9.17) is 18.9 Å². The Morgan fingerprint density at radius 1 is 0.953 bits per heavy atom. The Kier molecular flexibility index (Phi) is 7.26. The van der Waals surface area contributed by atoms with Crippen LogP contribution in [0.3, 0.4) is 0 Å². The predicted octanol–water partition coefficient (Wildman–Crippen LogP) is 4.75. The maximum absolute atomic E-state index is 12.1. The normalized spacial score (nSPS) is 52.5. The van der Waals surface area contributed by atoms with Crippen molar-refractivity contribution in [2.24, 2.45) is 45.3 Å². The minimum Gasteiger partial charge on any atom is -0.457 e. The minimum absolute atomic E-state index is 0.0284. The number of carbonyl (C=O) groups is 1. The number of aliphatic hydroxyl groups is 3. The highest BCUT2D eigenvalue weighted by molar-refractivity contribution is 5.66. The van der Waals surface area contributed by atoms with Crippen LogP contribution in [0.15, 0.2) is 0 Å². The number of ether oxygens (including phenoxy) is 4. The fourth-order valence-corrected chi connectivity index (χ4v) is 12.6. The van der Waals surface area contributed by atoms with Crippen LogP contribution in [-0.4, -0.2) is 76.4 Å². The molecule has 5 saturated carbocycles. The van der Waals surface area contributed by atoms with Gasteiger partial charge in [-0.1, -0.05) is 20.8 Å². The van der Waals surface area contributed by atoms with Gasteiger partial charge in [-0.3, -0.25) is 4.79 Å². The van der Waals surface area contributed by atoms with E-state index in [1.54, 1.807) is 13.8 Å². The highest BCUT2D eigenvalue weighted by Gasteiger charge is 2.81. The molecule has 0 aromatic heterocycles. The Labute approximate surface area is 257 Å². The molecular weight excluding hydrogens is 548 g/mol. The summed E-state index contributed by atoms with van der Waals surface area (Å²) in [5.41, 5.74) is -0.555. The van der Waals surface area contributed by atoms with Gasteiger partial charge < -0.3 is 34.3 Å². The van der Waals surface area contributed by atoms with Gasteiger partial charge in [0.15, 0.2) is 12.4 Å². The molecule has 8 heteroatoms. The number of rotatable bonds is 5. The van der Waals surface area contributed by atoms with Crippen LogP contribution in [0.1, 0.15) is 112 Å². The van der Waals surface area contributed by atoms with Gasteiger partial charge in [0.25, 0.3) is 0 Å². The molecule has 0 aromatic carbocycles. The summed E-state index contributed by atoms with van der Waals surface area (Å²) in [5.74, 6) is 1.15. The molecule has 7 aliphatic rings. The van der Waals surface area contributed by atoms with Crippen molar-refractivity contribution in [1.29, 1.82) is 0 Å². The van der Waals surface area contributed by atoms with Crippen molar-refractivity contribution in [3.05, 3.63) is 0 Å². The average Bonchev–Trinajstić information content (AvgIpc) is 3.54. The average molecular weight is 605 g/mol. The molecule has 2 saturated heterocycles. The smallest absolute Gasteiger partial charge is 0.303 e. The molecular formula is C35H56O8. The van der Waals surface area contributed by atoms with Crippen LogP contribution in [0.2, 0.25) is 0 Å². The number of hydrogen-bond acceptors (Lipinski definition) is 8. The molecule has 7 fully saturated rings. The first-order valence-electron chi connectivity index (χ1n) is 17.3. The summed E-state index contributed by atoms with van der Waals surface area (Å²) in [6, 6.07) is 0. The number of aliphatic hydroxyl groups excluding tert-OH is 2. The Morgan fingerprint density at radius 3 is 2.40 bits per heavy atom. The lowest BCUT2D eigenvalue weighted by molar-refractivity contribution is -0.248. The summed E-state index contributed by atoms with van der Waals surface area (Å²) in [4.78, 5) is 11.9. The summed E-state index contributed by atoms with van der Waals surface area (Å²) >= 11 is 0. The first-order valence-corrected chi connectivity index (χ1v) is 17.3. The summed E-state index contributed by atoms with van der Waals surface area (Å²) in [5, 5.41) is 33.2. The third-order valence-electron chi connectivity index (χ3n) is 14.4. The fourth-order valence-electron chi connectivity index (χ4n) is 12.6. The van der Waals surface area contributed by atoms with Gasteiger partial charge in [0.05, 0.1) is 42.7 Å². The standard InChI is InChI=1S/C35H56O8/c1-19(36)41-30(32(4,5)39)23-9-7-22-29(42-23)28(38)27-21-8-10-24-31(2,3)25(43-26-17-20(37)12-16-40-26)11-13-35(24)18-34(21,35)15-14-33(22,27)6/h20-30,37-39H,7-18H2,1-6H3/t20?,21?,22-,23?,24?,25-,26?,27?,28+,29?,30?,33?,34-,35?/m0/s1. The second-order valence-electron chi connectivity index (χ2n) is 17.2. The molecule has 10 unspecified atom stereocenters. The zero-order valence-electron chi connectivity index (χ0n) is 27.2. The van der Waals surface area contributed by atoms with Gasteiger partial charge in [-0.25, -0.2) is 0 Å². The molecule has 0 amide bonds. The first kappa shape index (κ1) is 30.9. The third-order valence-corrected chi connectivity index (χ3v) is 14.4. The topological polar surface area (TPSA) is 115 Å². The van der Waals surface area contributed by atoms with Crippen molar-refractivity contribution < 1.29 is 39.1 Å². The lowest BCUT2D eigenvalue weighted by atomic mass is 9.46. The van der Waals surface area contributed by atoms with Crippen LogP contribution in [0.5, 0.6) is 0 Å². The lowest BCUT2D eigenvalue weighted by Crippen LogP contribution is -2.56. The molecule has 8 nitrogen and oxygen atoms in total. The molecule has 244 valence electrons. The van der Waals surface area contributed by atoms with E-state index < -0.39 is 29.9 Å². The highest BCUT2D eigenvalue weighted by atomic mass is 16.7. The van der Waals surface area contributed by atoms with E-state index in [2.05, 4.69) is 20.8 Å². The van der Waals surface area contributed by atoms with Crippen LogP contribution in [-0.2, 0) is 23.7 Å². The lowest BCUT2D eigenvalue weighted by Gasteiger charge is -2.60. The number of carbonyl (C=O) groups excluding carboxylic acids is 1. The van der Waals surface area contributed by atoms with Crippen LogP contribution in [0.4, 0.5) is 0 Å². The zero-order valence-corrected chi connectivity index (χ0v) is 27.2. The van der Waals surface area contributed by atoms with E-state index in [0.717, 1.165) is 32.1 Å². The number of hydrogen-bond donors (Lipinski definition) is 3. The van der Waals surface area contributed by atoms with Gasteiger partial charge in [0, 0.05) is 13.3 Å². The highest BCUT2D eigenvalue weighted by Crippen LogP contribution is 2.87. The van der Waals surface area contributed by atoms with Gasteiger partial charge in [0.1, 0.15) is 0 Å². The van der Waals surface area contributed by atoms with Gasteiger partial charge in [-0.15, -0.1) is 0 Å². The molecule has 2 spiro atoms. The van der Waals surface area contributed by atoms with Crippen LogP contribution in [0, 0.1) is 45.3 Å². The molecule has 2 aliphatic heterocycles. The minimum atomic E-state index is -1.23.